The van der Waals surface area contributed by atoms with Gasteiger partial charge in [-0.25, -0.2) is 8.42 Å². The van der Waals surface area contributed by atoms with E-state index in [-0.39, 0.29) is 14.9 Å². The average Bonchev–Trinajstić information content (AvgIpc) is 2.88. The second kappa shape index (κ2) is 9.05. The number of amides is 1. The minimum absolute atomic E-state index is 0.00695. The Balaban J connectivity index is 1.88. The Bertz CT molecular complexity index is 908. The number of hydrogen-bond donors (Lipinski definition) is 2. The van der Waals surface area contributed by atoms with Gasteiger partial charge in [-0.3, -0.25) is 9.48 Å². The van der Waals surface area contributed by atoms with E-state index in [1.165, 1.54) is 19.1 Å². The van der Waals surface area contributed by atoms with Gasteiger partial charge in [0.25, 0.3) is 0 Å². The first-order valence-electron chi connectivity index (χ1n) is 8.37. The van der Waals surface area contributed by atoms with Crippen LogP contribution in [-0.4, -0.2) is 36.7 Å². The third kappa shape index (κ3) is 5.68. The first kappa shape index (κ1) is 21.7. The van der Waals surface area contributed by atoms with E-state index < -0.39 is 22.0 Å². The summed E-state index contributed by atoms with van der Waals surface area (Å²) in [5.41, 5.74) is 1.99. The van der Waals surface area contributed by atoms with E-state index in [4.69, 9.17) is 23.2 Å². The Labute approximate surface area is 169 Å². The number of rotatable bonds is 8. The zero-order valence-electron chi connectivity index (χ0n) is 15.3. The van der Waals surface area contributed by atoms with Crippen molar-refractivity contribution in [2.75, 3.05) is 6.54 Å². The molecule has 0 saturated heterocycles. The number of nitrogens with one attached hydrogen (secondary N) is 2. The van der Waals surface area contributed by atoms with Crippen LogP contribution in [0.4, 0.5) is 0 Å². The molecule has 0 spiro atoms. The summed E-state index contributed by atoms with van der Waals surface area (Å²) in [6.07, 6.45) is 0.670. The molecule has 0 aliphatic heterocycles. The SMILES string of the molecule is Cc1cc(C)n(CCCNC(=O)C(C)NS(=O)(=O)c2c(Cl)cccc2Cl)n1. The van der Waals surface area contributed by atoms with Gasteiger partial charge in [0, 0.05) is 18.8 Å². The standard InChI is InChI=1S/C17H22Cl2N4O3S/c1-11-10-12(2)23(21-11)9-5-8-20-17(24)13(3)22-27(25,26)16-14(18)6-4-7-15(16)19/h4,6-7,10,13,22H,5,8-9H2,1-3H3,(H,20,24). The molecule has 1 aromatic heterocycles. The van der Waals surface area contributed by atoms with E-state index in [0.29, 0.717) is 19.5 Å². The number of aromatic nitrogens is 2. The first-order valence-corrected chi connectivity index (χ1v) is 10.6. The van der Waals surface area contributed by atoms with Crippen LogP contribution in [0.3, 0.4) is 0 Å². The number of halogens is 2. The van der Waals surface area contributed by atoms with Crippen LogP contribution in [0.15, 0.2) is 29.2 Å². The monoisotopic (exact) mass is 432 g/mol. The van der Waals surface area contributed by atoms with Crippen LogP contribution in [0.5, 0.6) is 0 Å². The third-order valence-corrected chi connectivity index (χ3v) is 6.36. The number of carbonyl (C=O) groups excluding carboxylic acids is 1. The van der Waals surface area contributed by atoms with Crippen molar-refractivity contribution < 1.29 is 13.2 Å². The molecule has 0 aliphatic carbocycles. The van der Waals surface area contributed by atoms with Gasteiger partial charge in [-0.05, 0) is 45.4 Å². The van der Waals surface area contributed by atoms with Crippen LogP contribution >= 0.6 is 23.2 Å². The number of benzene rings is 1. The zero-order valence-corrected chi connectivity index (χ0v) is 17.6. The molecule has 1 amide bonds. The Morgan fingerprint density at radius 2 is 1.89 bits per heavy atom. The Hall–Kier alpha value is -1.61. The number of carbonyl (C=O) groups is 1. The molecular weight excluding hydrogens is 411 g/mol. The molecule has 1 unspecified atom stereocenters. The van der Waals surface area contributed by atoms with Gasteiger partial charge in [-0.2, -0.15) is 9.82 Å². The third-order valence-electron chi connectivity index (χ3n) is 3.86. The molecule has 10 heteroatoms. The number of aryl methyl sites for hydroxylation is 3. The number of nitrogens with zero attached hydrogens (tertiary/aromatic N) is 2. The molecule has 1 aromatic carbocycles. The summed E-state index contributed by atoms with van der Waals surface area (Å²) in [5, 5.41) is 7.04. The van der Waals surface area contributed by atoms with Crippen molar-refractivity contribution in [3.8, 4) is 0 Å². The molecule has 1 atom stereocenters. The van der Waals surface area contributed by atoms with E-state index in [0.717, 1.165) is 11.4 Å². The van der Waals surface area contributed by atoms with Crippen molar-refractivity contribution in [3.05, 3.63) is 45.7 Å². The van der Waals surface area contributed by atoms with E-state index in [1.54, 1.807) is 6.07 Å². The van der Waals surface area contributed by atoms with Crippen LogP contribution in [0.1, 0.15) is 24.7 Å². The molecule has 0 bridgehead atoms. The lowest BCUT2D eigenvalue weighted by Gasteiger charge is -2.16. The van der Waals surface area contributed by atoms with E-state index >= 15 is 0 Å². The van der Waals surface area contributed by atoms with Gasteiger partial charge in [-0.15, -0.1) is 0 Å². The molecule has 0 aliphatic rings. The molecule has 0 fully saturated rings. The predicted octanol–water partition coefficient (Wildman–Crippen LogP) is 2.68. The highest BCUT2D eigenvalue weighted by molar-refractivity contribution is 7.89. The molecule has 2 N–H and O–H groups in total. The highest BCUT2D eigenvalue weighted by Crippen LogP contribution is 2.28. The van der Waals surface area contributed by atoms with Crippen LogP contribution in [0.2, 0.25) is 10.0 Å². The van der Waals surface area contributed by atoms with E-state index in [2.05, 4.69) is 15.1 Å². The summed E-state index contributed by atoms with van der Waals surface area (Å²) < 4.78 is 29.1. The highest BCUT2D eigenvalue weighted by Gasteiger charge is 2.26. The van der Waals surface area contributed by atoms with E-state index in [1.807, 2.05) is 24.6 Å². The van der Waals surface area contributed by atoms with Gasteiger partial charge in [0.2, 0.25) is 15.9 Å². The molecule has 2 rings (SSSR count). The van der Waals surface area contributed by atoms with Crippen molar-refractivity contribution in [3.63, 3.8) is 0 Å². The summed E-state index contributed by atoms with van der Waals surface area (Å²) in [6, 6.07) is 5.39. The number of sulfonamides is 1. The summed E-state index contributed by atoms with van der Waals surface area (Å²) in [5.74, 6) is -0.435. The molecule has 27 heavy (non-hydrogen) atoms. The molecule has 1 heterocycles. The van der Waals surface area contributed by atoms with Crippen molar-refractivity contribution in [2.24, 2.45) is 0 Å². The Morgan fingerprint density at radius 1 is 1.26 bits per heavy atom. The van der Waals surface area contributed by atoms with Gasteiger partial charge in [0.15, 0.2) is 0 Å². The van der Waals surface area contributed by atoms with Crippen LogP contribution in [0, 0.1) is 13.8 Å². The minimum Gasteiger partial charge on any atom is -0.355 e. The molecule has 0 radical (unpaired) electrons. The molecular formula is C17H22Cl2N4O3S. The van der Waals surface area contributed by atoms with Gasteiger partial charge in [0.1, 0.15) is 4.90 Å². The van der Waals surface area contributed by atoms with Crippen LogP contribution in [-0.2, 0) is 21.4 Å². The fourth-order valence-corrected chi connectivity index (χ4v) is 4.93. The maximum absolute atomic E-state index is 12.5. The average molecular weight is 433 g/mol. The molecule has 148 valence electrons. The number of hydrogen-bond acceptors (Lipinski definition) is 4. The van der Waals surface area contributed by atoms with Crippen LogP contribution in [0.25, 0.3) is 0 Å². The second-order valence-corrected chi connectivity index (χ2v) is 8.65. The molecule has 7 nitrogen and oxygen atoms in total. The van der Waals surface area contributed by atoms with Crippen molar-refractivity contribution in [1.82, 2.24) is 19.8 Å². The summed E-state index contributed by atoms with van der Waals surface area (Å²) in [4.78, 5) is 11.9. The lowest BCUT2D eigenvalue weighted by atomic mass is 10.3. The van der Waals surface area contributed by atoms with Crippen molar-refractivity contribution >= 4 is 39.1 Å². The predicted molar refractivity (Wildman–Crippen MR) is 106 cm³/mol. The lowest BCUT2D eigenvalue weighted by Crippen LogP contribution is -2.45. The maximum atomic E-state index is 12.5. The fourth-order valence-electron chi connectivity index (χ4n) is 2.58. The lowest BCUT2D eigenvalue weighted by molar-refractivity contribution is -0.122. The van der Waals surface area contributed by atoms with Crippen LogP contribution < -0.4 is 10.0 Å². The van der Waals surface area contributed by atoms with E-state index in [9.17, 15) is 13.2 Å². The summed E-state index contributed by atoms with van der Waals surface area (Å²) in [6.45, 7) is 6.41. The Morgan fingerprint density at radius 3 is 2.44 bits per heavy atom. The largest absolute Gasteiger partial charge is 0.355 e. The van der Waals surface area contributed by atoms with Crippen molar-refractivity contribution in [1.29, 1.82) is 0 Å². The molecule has 0 saturated carbocycles. The smallest absolute Gasteiger partial charge is 0.244 e. The maximum Gasteiger partial charge on any atom is 0.244 e. The van der Waals surface area contributed by atoms with Crippen molar-refractivity contribution in [2.45, 2.75) is 44.7 Å². The second-order valence-electron chi connectivity index (χ2n) is 6.19. The van der Waals surface area contributed by atoms with Gasteiger partial charge < -0.3 is 5.32 Å². The van der Waals surface area contributed by atoms with Gasteiger partial charge >= 0.3 is 0 Å². The first-order chi connectivity index (χ1) is 12.6. The summed E-state index contributed by atoms with van der Waals surface area (Å²) in [7, 11) is -4.03. The zero-order chi connectivity index (χ0) is 20.2. The normalized spacial score (nSPS) is 12.8. The molecule has 2 aromatic rings. The quantitative estimate of drug-likeness (QED) is 0.626. The topological polar surface area (TPSA) is 93.1 Å². The highest BCUT2D eigenvalue weighted by atomic mass is 35.5. The Kier molecular flexibility index (Phi) is 7.27. The van der Waals surface area contributed by atoms with Gasteiger partial charge in [0.05, 0.1) is 21.8 Å². The fraction of sp³-hybridized carbons (Fsp3) is 0.412. The van der Waals surface area contributed by atoms with Gasteiger partial charge in [-0.1, -0.05) is 29.3 Å². The minimum atomic E-state index is -4.03. The summed E-state index contributed by atoms with van der Waals surface area (Å²) >= 11 is 11.9.